The zero-order valence-corrected chi connectivity index (χ0v) is 18.6. The van der Waals surface area contributed by atoms with Crippen molar-refractivity contribution in [3.05, 3.63) is 66.5 Å². The van der Waals surface area contributed by atoms with Crippen LogP contribution in [0.2, 0.25) is 0 Å². The Labute approximate surface area is 184 Å². The molecule has 6 nitrogen and oxygen atoms in total. The van der Waals surface area contributed by atoms with Gasteiger partial charge < -0.3 is 9.80 Å². The Morgan fingerprint density at radius 1 is 1.29 bits per heavy atom. The first-order valence-corrected chi connectivity index (χ1v) is 10.2. The summed E-state index contributed by atoms with van der Waals surface area (Å²) in [5.41, 5.74) is 4.93. The molecule has 0 N–H and O–H groups in total. The van der Waals surface area contributed by atoms with Gasteiger partial charge in [-0.1, -0.05) is 36.9 Å². The SMILES string of the molecule is C=C/C(=C\N(C)C)c1cccc(-c2ncc(C3=CC(C)N=C3)c(N(C)CCC#N)n2)c1. The highest BCUT2D eigenvalue weighted by Gasteiger charge is 2.18. The molecule has 0 fully saturated rings. The van der Waals surface area contributed by atoms with Crippen molar-refractivity contribution in [2.45, 2.75) is 19.4 Å². The standard InChI is InChI=1S/C25H28N6/c1-6-19(17-30(3)4)20-9-7-10-21(14-20)24-28-16-23(22-13-18(2)27-15-22)25(29-24)31(5)12-8-11-26/h6-7,9-10,13-18H,1,8,12H2,2-5H3/b19-17+. The van der Waals surface area contributed by atoms with Crippen molar-refractivity contribution in [2.24, 2.45) is 4.99 Å². The molecule has 0 amide bonds. The van der Waals surface area contributed by atoms with Gasteiger partial charge in [0.15, 0.2) is 5.82 Å². The topological polar surface area (TPSA) is 68.4 Å². The van der Waals surface area contributed by atoms with Gasteiger partial charge in [0, 0.05) is 63.0 Å². The van der Waals surface area contributed by atoms with E-state index in [1.807, 2.05) is 74.7 Å². The molecule has 0 radical (unpaired) electrons. The monoisotopic (exact) mass is 412 g/mol. The van der Waals surface area contributed by atoms with Crippen LogP contribution in [0.15, 0.2) is 60.4 Å². The molecule has 3 rings (SSSR count). The molecule has 2 heterocycles. The van der Waals surface area contributed by atoms with E-state index in [4.69, 9.17) is 10.2 Å². The van der Waals surface area contributed by atoms with E-state index in [0.29, 0.717) is 18.8 Å². The van der Waals surface area contributed by atoms with E-state index in [-0.39, 0.29) is 6.04 Å². The third kappa shape index (κ3) is 5.26. The molecule has 31 heavy (non-hydrogen) atoms. The van der Waals surface area contributed by atoms with Gasteiger partial charge in [-0.3, -0.25) is 4.99 Å². The van der Waals surface area contributed by atoms with Crippen molar-refractivity contribution in [1.29, 1.82) is 5.26 Å². The van der Waals surface area contributed by atoms with Crippen molar-refractivity contribution < 1.29 is 0 Å². The number of benzene rings is 1. The van der Waals surface area contributed by atoms with Gasteiger partial charge in [-0.2, -0.15) is 5.26 Å². The molecule has 1 aliphatic rings. The third-order valence-corrected chi connectivity index (χ3v) is 4.94. The summed E-state index contributed by atoms with van der Waals surface area (Å²) in [6.07, 6.45) is 10.1. The Hall–Kier alpha value is -3.72. The molecule has 158 valence electrons. The lowest BCUT2D eigenvalue weighted by molar-refractivity contribution is 0.566. The molecule has 1 atom stereocenters. The summed E-state index contributed by atoms with van der Waals surface area (Å²) in [5, 5.41) is 9.02. The van der Waals surface area contributed by atoms with Crippen LogP contribution in [0.5, 0.6) is 0 Å². The highest BCUT2D eigenvalue weighted by atomic mass is 15.2. The Kier molecular flexibility index (Phi) is 6.99. The van der Waals surface area contributed by atoms with Gasteiger partial charge in [-0.15, -0.1) is 0 Å². The van der Waals surface area contributed by atoms with Gasteiger partial charge in [-0.25, -0.2) is 9.97 Å². The molecular formula is C25H28N6. The van der Waals surface area contributed by atoms with E-state index in [1.54, 1.807) is 0 Å². The van der Waals surface area contributed by atoms with E-state index < -0.39 is 0 Å². The summed E-state index contributed by atoms with van der Waals surface area (Å²) in [7, 11) is 5.93. The number of nitriles is 1. The highest BCUT2D eigenvalue weighted by Crippen LogP contribution is 2.30. The molecule has 1 aromatic carbocycles. The molecule has 0 bridgehead atoms. The van der Waals surface area contributed by atoms with Crippen molar-refractivity contribution in [2.75, 3.05) is 32.6 Å². The third-order valence-electron chi connectivity index (χ3n) is 4.94. The second-order valence-electron chi connectivity index (χ2n) is 7.73. The molecule has 1 unspecified atom stereocenters. The molecule has 1 aliphatic heterocycles. The van der Waals surface area contributed by atoms with Crippen molar-refractivity contribution in [3.8, 4) is 17.5 Å². The predicted molar refractivity (Wildman–Crippen MR) is 129 cm³/mol. The normalized spacial score (nSPS) is 15.4. The molecule has 0 spiro atoms. The molecule has 0 aliphatic carbocycles. The summed E-state index contributed by atoms with van der Waals surface area (Å²) in [5.74, 6) is 1.44. The molecule has 2 aromatic rings. The summed E-state index contributed by atoms with van der Waals surface area (Å²) in [6.45, 7) is 6.58. The number of hydrogen-bond donors (Lipinski definition) is 0. The second-order valence-corrected chi connectivity index (χ2v) is 7.73. The zero-order valence-electron chi connectivity index (χ0n) is 18.6. The van der Waals surface area contributed by atoms with Crippen molar-refractivity contribution in [3.63, 3.8) is 0 Å². The van der Waals surface area contributed by atoms with E-state index >= 15 is 0 Å². The zero-order chi connectivity index (χ0) is 22.4. The molecule has 6 heteroatoms. The van der Waals surface area contributed by atoms with Gasteiger partial charge >= 0.3 is 0 Å². The maximum Gasteiger partial charge on any atom is 0.161 e. The maximum atomic E-state index is 9.02. The maximum absolute atomic E-state index is 9.02. The van der Waals surface area contributed by atoms with E-state index in [1.165, 1.54) is 0 Å². The van der Waals surface area contributed by atoms with Crippen molar-refractivity contribution >= 4 is 23.2 Å². The van der Waals surface area contributed by atoms with Crippen LogP contribution in [-0.2, 0) is 0 Å². The first-order valence-electron chi connectivity index (χ1n) is 10.2. The quantitative estimate of drug-likeness (QED) is 0.600. The van der Waals surface area contributed by atoms with Gasteiger partial charge in [0.2, 0.25) is 0 Å². The van der Waals surface area contributed by atoms with E-state index in [0.717, 1.165) is 33.7 Å². The summed E-state index contributed by atoms with van der Waals surface area (Å²) >= 11 is 0. The Morgan fingerprint density at radius 2 is 2.10 bits per heavy atom. The van der Waals surface area contributed by atoms with Crippen LogP contribution >= 0.6 is 0 Å². The Balaban J connectivity index is 2.06. The lowest BCUT2D eigenvalue weighted by atomic mass is 10.0. The number of hydrogen-bond acceptors (Lipinski definition) is 6. The molecule has 0 saturated heterocycles. The summed E-state index contributed by atoms with van der Waals surface area (Å²) < 4.78 is 0. The molecule has 1 aromatic heterocycles. The van der Waals surface area contributed by atoms with Gasteiger partial charge in [-0.05, 0) is 24.1 Å². The number of aromatic nitrogens is 2. The minimum Gasteiger partial charge on any atom is -0.383 e. The van der Waals surface area contributed by atoms with Gasteiger partial charge in [0.1, 0.15) is 5.82 Å². The fraction of sp³-hybridized carbons (Fsp3) is 0.280. The van der Waals surface area contributed by atoms with Crippen LogP contribution in [0.1, 0.15) is 24.5 Å². The van der Waals surface area contributed by atoms with E-state index in [2.05, 4.69) is 40.8 Å². The van der Waals surface area contributed by atoms with Gasteiger partial charge in [0.05, 0.1) is 18.5 Å². The van der Waals surface area contributed by atoms with Crippen LogP contribution in [0.4, 0.5) is 5.82 Å². The number of anilines is 1. The first kappa shape index (κ1) is 22.0. The van der Waals surface area contributed by atoms with Crippen LogP contribution in [0.3, 0.4) is 0 Å². The number of aliphatic imine (C=N–C) groups is 1. The minimum atomic E-state index is 0.143. The number of rotatable bonds is 8. The fourth-order valence-corrected chi connectivity index (χ4v) is 3.39. The molecular weight excluding hydrogens is 384 g/mol. The summed E-state index contributed by atoms with van der Waals surface area (Å²) in [4.78, 5) is 18.0. The average Bonchev–Trinajstić information content (AvgIpc) is 3.21. The average molecular weight is 413 g/mol. The predicted octanol–water partition coefficient (Wildman–Crippen LogP) is 4.44. The second kappa shape index (κ2) is 9.86. The van der Waals surface area contributed by atoms with Crippen LogP contribution in [0, 0.1) is 11.3 Å². The number of nitrogens with zero attached hydrogens (tertiary/aromatic N) is 6. The van der Waals surface area contributed by atoms with Crippen LogP contribution < -0.4 is 4.90 Å². The highest BCUT2D eigenvalue weighted by molar-refractivity contribution is 6.13. The Bertz CT molecular complexity index is 1090. The van der Waals surface area contributed by atoms with Crippen LogP contribution in [0.25, 0.3) is 22.5 Å². The lowest BCUT2D eigenvalue weighted by Gasteiger charge is -2.21. The minimum absolute atomic E-state index is 0.143. The summed E-state index contributed by atoms with van der Waals surface area (Å²) in [6, 6.07) is 10.5. The largest absolute Gasteiger partial charge is 0.383 e. The first-order chi connectivity index (χ1) is 14.9. The Morgan fingerprint density at radius 3 is 2.74 bits per heavy atom. The smallest absolute Gasteiger partial charge is 0.161 e. The van der Waals surface area contributed by atoms with E-state index in [9.17, 15) is 0 Å². The van der Waals surface area contributed by atoms with Crippen molar-refractivity contribution in [1.82, 2.24) is 14.9 Å². The number of allylic oxidation sites excluding steroid dienone is 3. The fourth-order valence-electron chi connectivity index (χ4n) is 3.39. The van der Waals surface area contributed by atoms with Crippen LogP contribution in [-0.4, -0.2) is 54.8 Å². The van der Waals surface area contributed by atoms with Gasteiger partial charge in [0.25, 0.3) is 0 Å². The molecule has 0 saturated carbocycles. The lowest BCUT2D eigenvalue weighted by Crippen LogP contribution is -2.21.